The number of amides is 1. The zero-order chi connectivity index (χ0) is 18.8. The van der Waals surface area contributed by atoms with Gasteiger partial charge in [0.2, 0.25) is 6.10 Å². The SMILES string of the molecule is Cn1cccc1[C@H]1CCCCCN1C(=O)[C@H]1CC(c2cccc(F)c2)=NO1. The molecule has 0 saturated carbocycles. The Balaban J connectivity index is 1.52. The Hall–Kier alpha value is -2.63. The Bertz CT molecular complexity index is 861. The van der Waals surface area contributed by atoms with Crippen molar-refractivity contribution in [3.8, 4) is 0 Å². The van der Waals surface area contributed by atoms with Gasteiger partial charge in [-0.15, -0.1) is 0 Å². The topological polar surface area (TPSA) is 46.8 Å². The van der Waals surface area contributed by atoms with Crippen LogP contribution in [0, 0.1) is 5.82 Å². The van der Waals surface area contributed by atoms with Crippen LogP contribution < -0.4 is 0 Å². The van der Waals surface area contributed by atoms with E-state index in [0.29, 0.717) is 17.7 Å². The van der Waals surface area contributed by atoms with Gasteiger partial charge in [0.25, 0.3) is 5.91 Å². The lowest BCUT2D eigenvalue weighted by atomic mass is 10.0. The molecule has 142 valence electrons. The molecule has 2 aliphatic rings. The van der Waals surface area contributed by atoms with Crippen LogP contribution in [0.5, 0.6) is 0 Å². The summed E-state index contributed by atoms with van der Waals surface area (Å²) in [5, 5.41) is 4.07. The molecule has 5 nitrogen and oxygen atoms in total. The lowest BCUT2D eigenvalue weighted by molar-refractivity contribution is -0.144. The molecule has 0 aliphatic carbocycles. The fourth-order valence-electron chi connectivity index (χ4n) is 4.03. The van der Waals surface area contributed by atoms with Gasteiger partial charge in [0.15, 0.2) is 0 Å². The maximum Gasteiger partial charge on any atom is 0.267 e. The third-order valence-electron chi connectivity index (χ3n) is 5.46. The average Bonchev–Trinajstić information content (AvgIpc) is 3.25. The molecule has 1 amide bonds. The normalized spacial score (nSPS) is 22.9. The Morgan fingerprint density at radius 3 is 2.89 bits per heavy atom. The molecule has 1 fully saturated rings. The fraction of sp³-hybridized carbons (Fsp3) is 0.429. The van der Waals surface area contributed by atoms with E-state index in [1.54, 1.807) is 12.1 Å². The molecule has 2 aliphatic heterocycles. The summed E-state index contributed by atoms with van der Waals surface area (Å²) in [6, 6.07) is 10.4. The molecule has 1 saturated heterocycles. The number of halogens is 1. The number of benzene rings is 1. The van der Waals surface area contributed by atoms with Gasteiger partial charge in [-0.2, -0.15) is 0 Å². The van der Waals surface area contributed by atoms with Gasteiger partial charge in [-0.25, -0.2) is 4.39 Å². The van der Waals surface area contributed by atoms with Crippen LogP contribution in [-0.4, -0.2) is 33.7 Å². The van der Waals surface area contributed by atoms with Crippen LogP contribution in [0.4, 0.5) is 4.39 Å². The van der Waals surface area contributed by atoms with Gasteiger partial charge in [0.05, 0.1) is 11.8 Å². The monoisotopic (exact) mass is 369 g/mol. The van der Waals surface area contributed by atoms with Crippen molar-refractivity contribution >= 4 is 11.6 Å². The summed E-state index contributed by atoms with van der Waals surface area (Å²) in [6.07, 6.45) is 5.94. The number of carbonyl (C=O) groups is 1. The summed E-state index contributed by atoms with van der Waals surface area (Å²) in [6.45, 7) is 0.726. The third kappa shape index (κ3) is 3.61. The van der Waals surface area contributed by atoms with Gasteiger partial charge in [-0.3, -0.25) is 4.79 Å². The summed E-state index contributed by atoms with van der Waals surface area (Å²) >= 11 is 0. The highest BCUT2D eigenvalue weighted by atomic mass is 19.1. The van der Waals surface area contributed by atoms with Crippen molar-refractivity contribution in [1.82, 2.24) is 9.47 Å². The number of nitrogens with zero attached hydrogens (tertiary/aromatic N) is 3. The molecule has 4 rings (SSSR count). The number of hydrogen-bond donors (Lipinski definition) is 0. The van der Waals surface area contributed by atoms with E-state index in [1.807, 2.05) is 24.2 Å². The molecule has 0 spiro atoms. The first-order valence-corrected chi connectivity index (χ1v) is 9.54. The van der Waals surface area contributed by atoms with E-state index in [-0.39, 0.29) is 17.8 Å². The van der Waals surface area contributed by atoms with Crippen LogP contribution in [-0.2, 0) is 16.7 Å². The third-order valence-corrected chi connectivity index (χ3v) is 5.46. The van der Waals surface area contributed by atoms with Gasteiger partial charge in [-0.1, -0.05) is 30.1 Å². The Labute approximate surface area is 158 Å². The van der Waals surface area contributed by atoms with Crippen LogP contribution in [0.1, 0.15) is 49.4 Å². The summed E-state index contributed by atoms with van der Waals surface area (Å²) in [4.78, 5) is 20.7. The molecule has 0 radical (unpaired) electrons. The first-order valence-electron chi connectivity index (χ1n) is 9.54. The molecule has 6 heteroatoms. The summed E-state index contributed by atoms with van der Waals surface area (Å²) in [5.41, 5.74) is 2.44. The molecule has 2 aromatic rings. The first kappa shape index (κ1) is 17.8. The largest absolute Gasteiger partial charge is 0.382 e. The molecule has 27 heavy (non-hydrogen) atoms. The minimum absolute atomic E-state index is 0.0294. The molecule has 0 N–H and O–H groups in total. The number of hydrogen-bond acceptors (Lipinski definition) is 3. The van der Waals surface area contributed by atoms with Gasteiger partial charge in [0, 0.05) is 37.5 Å². The maximum atomic E-state index is 13.5. The van der Waals surface area contributed by atoms with Crippen LogP contribution in [0.2, 0.25) is 0 Å². The highest BCUT2D eigenvalue weighted by molar-refractivity contribution is 6.04. The van der Waals surface area contributed by atoms with Gasteiger partial charge in [0.1, 0.15) is 5.82 Å². The average molecular weight is 369 g/mol. The van der Waals surface area contributed by atoms with Crippen molar-refractivity contribution in [2.24, 2.45) is 12.2 Å². The first-order chi connectivity index (χ1) is 13.1. The Morgan fingerprint density at radius 2 is 2.11 bits per heavy atom. The standard InChI is InChI=1S/C21H24FN3O2/c1-24-11-6-10-18(24)19-9-3-2-4-12-25(19)21(26)20-14-17(23-27-20)15-7-5-8-16(22)13-15/h5-8,10-11,13,19-20H,2-4,9,12,14H2,1H3/t19-,20-/m1/s1. The maximum absolute atomic E-state index is 13.5. The van der Waals surface area contributed by atoms with Crippen molar-refractivity contribution in [2.75, 3.05) is 6.54 Å². The number of rotatable bonds is 3. The molecule has 2 atom stereocenters. The van der Waals surface area contributed by atoms with E-state index in [2.05, 4.69) is 15.8 Å². The van der Waals surface area contributed by atoms with Crippen LogP contribution >= 0.6 is 0 Å². The highest BCUT2D eigenvalue weighted by Gasteiger charge is 2.37. The number of aryl methyl sites for hydroxylation is 1. The van der Waals surface area contributed by atoms with Crippen LogP contribution in [0.15, 0.2) is 47.8 Å². The van der Waals surface area contributed by atoms with Crippen molar-refractivity contribution in [3.05, 3.63) is 59.7 Å². The quantitative estimate of drug-likeness (QED) is 0.826. The van der Waals surface area contributed by atoms with Gasteiger partial charge < -0.3 is 14.3 Å². The van der Waals surface area contributed by atoms with E-state index >= 15 is 0 Å². The lowest BCUT2D eigenvalue weighted by Crippen LogP contribution is -2.42. The fourth-order valence-corrected chi connectivity index (χ4v) is 4.03. The van der Waals surface area contributed by atoms with Gasteiger partial charge >= 0.3 is 0 Å². The van der Waals surface area contributed by atoms with E-state index in [9.17, 15) is 9.18 Å². The van der Waals surface area contributed by atoms with Crippen LogP contribution in [0.25, 0.3) is 0 Å². The second-order valence-electron chi connectivity index (χ2n) is 7.29. The van der Waals surface area contributed by atoms with Crippen molar-refractivity contribution in [1.29, 1.82) is 0 Å². The summed E-state index contributed by atoms with van der Waals surface area (Å²) in [5.74, 6) is -0.348. The molecular weight excluding hydrogens is 345 g/mol. The molecule has 3 heterocycles. The zero-order valence-electron chi connectivity index (χ0n) is 15.5. The minimum atomic E-state index is -0.635. The Morgan fingerprint density at radius 1 is 1.22 bits per heavy atom. The Kier molecular flexibility index (Phi) is 4.97. The number of carbonyl (C=O) groups excluding carboxylic acids is 1. The number of aromatic nitrogens is 1. The molecule has 0 unspecified atom stereocenters. The summed E-state index contributed by atoms with van der Waals surface area (Å²) in [7, 11) is 2.01. The van der Waals surface area contributed by atoms with Crippen LogP contribution in [0.3, 0.4) is 0 Å². The van der Waals surface area contributed by atoms with Crippen molar-refractivity contribution < 1.29 is 14.0 Å². The summed E-state index contributed by atoms with van der Waals surface area (Å²) < 4.78 is 15.6. The lowest BCUT2D eigenvalue weighted by Gasteiger charge is -2.31. The predicted molar refractivity (Wildman–Crippen MR) is 101 cm³/mol. The van der Waals surface area contributed by atoms with Crippen molar-refractivity contribution in [3.63, 3.8) is 0 Å². The predicted octanol–water partition coefficient (Wildman–Crippen LogP) is 3.80. The zero-order valence-corrected chi connectivity index (χ0v) is 15.5. The van der Waals surface area contributed by atoms with E-state index in [0.717, 1.165) is 37.9 Å². The van der Waals surface area contributed by atoms with E-state index in [1.165, 1.54) is 12.1 Å². The van der Waals surface area contributed by atoms with E-state index < -0.39 is 6.10 Å². The highest BCUT2D eigenvalue weighted by Crippen LogP contribution is 2.32. The molecular formula is C21H24FN3O2. The molecule has 0 bridgehead atoms. The van der Waals surface area contributed by atoms with E-state index in [4.69, 9.17) is 4.84 Å². The van der Waals surface area contributed by atoms with Gasteiger partial charge in [-0.05, 0) is 37.1 Å². The number of likely N-dealkylation sites (tertiary alicyclic amines) is 1. The molecule has 1 aromatic heterocycles. The smallest absolute Gasteiger partial charge is 0.267 e. The minimum Gasteiger partial charge on any atom is -0.382 e. The molecule has 1 aromatic carbocycles. The van der Waals surface area contributed by atoms with Crippen molar-refractivity contribution in [2.45, 2.75) is 44.2 Å². The second-order valence-corrected chi connectivity index (χ2v) is 7.29. The number of oxime groups is 1. The second kappa shape index (κ2) is 7.55.